The fourth-order valence-corrected chi connectivity index (χ4v) is 5.93. The van der Waals surface area contributed by atoms with E-state index < -0.39 is 24.0 Å². The number of rotatable bonds is 7. The number of nitrogens with zero attached hydrogens (tertiary/aromatic N) is 3. The second-order valence-electron chi connectivity index (χ2n) is 9.78. The van der Waals surface area contributed by atoms with Gasteiger partial charge >= 0.3 is 5.97 Å². The van der Waals surface area contributed by atoms with E-state index in [9.17, 15) is 19.5 Å². The molecule has 1 aliphatic carbocycles. The lowest BCUT2D eigenvalue weighted by atomic mass is 9.78. The minimum absolute atomic E-state index is 0.0495. The van der Waals surface area contributed by atoms with Crippen LogP contribution in [0.1, 0.15) is 55.8 Å². The number of hydrogen-bond donors (Lipinski definition) is 3. The van der Waals surface area contributed by atoms with Crippen LogP contribution in [0, 0.1) is 11.8 Å². The van der Waals surface area contributed by atoms with Crippen molar-refractivity contribution in [1.29, 1.82) is 0 Å². The molecule has 10 nitrogen and oxygen atoms in total. The SMILES string of the molecule is CN(N)/C=C(\N)COc1ccc(Cl)c2c1C(N1CCCC1=O)N(C(=O)C1CCCCC1C(=O)O)CC2. The van der Waals surface area contributed by atoms with Crippen LogP contribution in [0.15, 0.2) is 24.0 Å². The van der Waals surface area contributed by atoms with Crippen LogP contribution < -0.4 is 16.3 Å². The molecule has 5 N–H and O–H groups in total. The summed E-state index contributed by atoms with van der Waals surface area (Å²) in [6.07, 6.45) is 4.96. The third-order valence-electron chi connectivity index (χ3n) is 7.27. The second kappa shape index (κ2) is 11.0. The van der Waals surface area contributed by atoms with E-state index in [1.807, 2.05) is 0 Å². The molecular formula is C25H34ClN5O5. The maximum Gasteiger partial charge on any atom is 0.307 e. The molecule has 0 aromatic heterocycles. The smallest absolute Gasteiger partial charge is 0.307 e. The van der Waals surface area contributed by atoms with Crippen molar-refractivity contribution in [2.75, 3.05) is 26.7 Å². The van der Waals surface area contributed by atoms with Gasteiger partial charge in [0.05, 0.1) is 17.5 Å². The van der Waals surface area contributed by atoms with Crippen LogP contribution in [0.2, 0.25) is 5.02 Å². The van der Waals surface area contributed by atoms with E-state index in [-0.39, 0.29) is 18.4 Å². The summed E-state index contributed by atoms with van der Waals surface area (Å²) < 4.78 is 6.08. The zero-order valence-corrected chi connectivity index (χ0v) is 21.2. The Kier molecular flexibility index (Phi) is 7.94. The molecule has 3 unspecified atom stereocenters. The van der Waals surface area contributed by atoms with Gasteiger partial charge in [-0.25, -0.2) is 5.84 Å². The Hall–Kier alpha value is -2.98. The van der Waals surface area contributed by atoms with Crippen LogP contribution in [-0.4, -0.2) is 64.4 Å². The summed E-state index contributed by atoms with van der Waals surface area (Å²) in [7, 11) is 1.64. The lowest BCUT2D eigenvalue weighted by molar-refractivity contribution is -0.157. The summed E-state index contributed by atoms with van der Waals surface area (Å²) in [6.45, 7) is 0.881. The van der Waals surface area contributed by atoms with Crippen molar-refractivity contribution in [2.45, 2.75) is 51.1 Å². The van der Waals surface area contributed by atoms with Gasteiger partial charge in [0, 0.05) is 43.3 Å². The number of aliphatic carboxylic acids is 1. The Morgan fingerprint density at radius 3 is 2.56 bits per heavy atom. The Balaban J connectivity index is 1.74. The number of hydrazine groups is 1. The summed E-state index contributed by atoms with van der Waals surface area (Å²) in [5, 5.41) is 11.7. The van der Waals surface area contributed by atoms with Crippen LogP contribution in [-0.2, 0) is 20.8 Å². The zero-order chi connectivity index (χ0) is 26.0. The Morgan fingerprint density at radius 1 is 1.19 bits per heavy atom. The zero-order valence-electron chi connectivity index (χ0n) is 20.5. The van der Waals surface area contributed by atoms with E-state index in [1.165, 1.54) is 11.2 Å². The summed E-state index contributed by atoms with van der Waals surface area (Å²) in [6, 6.07) is 3.47. The van der Waals surface area contributed by atoms with Gasteiger partial charge in [0.2, 0.25) is 11.8 Å². The van der Waals surface area contributed by atoms with E-state index in [2.05, 4.69) is 0 Å². The van der Waals surface area contributed by atoms with Gasteiger partial charge < -0.3 is 30.4 Å². The van der Waals surface area contributed by atoms with Gasteiger partial charge in [-0.1, -0.05) is 24.4 Å². The highest BCUT2D eigenvalue weighted by atomic mass is 35.5. The van der Waals surface area contributed by atoms with Crippen molar-refractivity contribution in [2.24, 2.45) is 23.4 Å². The largest absolute Gasteiger partial charge is 0.487 e. The van der Waals surface area contributed by atoms with Gasteiger partial charge in [-0.2, -0.15) is 0 Å². The number of amides is 2. The average molecular weight is 520 g/mol. The van der Waals surface area contributed by atoms with Crippen LogP contribution in [0.3, 0.4) is 0 Å². The van der Waals surface area contributed by atoms with Crippen molar-refractivity contribution >= 4 is 29.4 Å². The lowest BCUT2D eigenvalue weighted by Crippen LogP contribution is -2.52. The van der Waals surface area contributed by atoms with Crippen LogP contribution in [0.25, 0.3) is 0 Å². The number of hydrogen-bond acceptors (Lipinski definition) is 7. The number of halogens is 1. The summed E-state index contributed by atoms with van der Waals surface area (Å²) >= 11 is 6.60. The molecule has 1 aromatic rings. The number of likely N-dealkylation sites (tertiary alicyclic amines) is 1. The molecule has 1 saturated heterocycles. The number of fused-ring (bicyclic) bond motifs is 1. The average Bonchev–Trinajstić information content (AvgIpc) is 3.27. The molecule has 0 radical (unpaired) electrons. The highest BCUT2D eigenvalue weighted by molar-refractivity contribution is 6.31. The van der Waals surface area contributed by atoms with Crippen LogP contribution >= 0.6 is 11.6 Å². The highest BCUT2D eigenvalue weighted by Crippen LogP contribution is 2.45. The Morgan fingerprint density at radius 2 is 1.92 bits per heavy atom. The van der Waals surface area contributed by atoms with Crippen molar-refractivity contribution in [3.63, 3.8) is 0 Å². The molecule has 0 spiro atoms. The first kappa shape index (κ1) is 26.1. The standard InChI is InChI=1S/C25H34ClN5O5/c1-29(28)13-15(27)14-36-20-9-8-19(26)18-10-12-31(23(22(18)20)30-11-4-7-21(30)32)24(33)16-5-2-3-6-17(16)25(34)35/h8-9,13,16-17,23H,2-7,10-12,14,27-28H2,1H3,(H,34,35)/b15-13-. The predicted octanol–water partition coefficient (Wildman–Crippen LogP) is 2.22. The van der Waals surface area contributed by atoms with E-state index >= 15 is 0 Å². The molecule has 2 heterocycles. The Bertz CT molecular complexity index is 1060. The Labute approximate surface area is 215 Å². The number of carbonyl (C=O) groups excluding carboxylic acids is 2. The van der Waals surface area contributed by atoms with Crippen molar-refractivity contribution < 1.29 is 24.2 Å². The van der Waals surface area contributed by atoms with E-state index in [1.54, 1.807) is 29.0 Å². The monoisotopic (exact) mass is 519 g/mol. The second-order valence-corrected chi connectivity index (χ2v) is 10.2. The topological polar surface area (TPSA) is 142 Å². The number of carboxylic acids is 1. The predicted molar refractivity (Wildman–Crippen MR) is 133 cm³/mol. The van der Waals surface area contributed by atoms with E-state index in [0.29, 0.717) is 67.2 Å². The molecule has 1 saturated carbocycles. The molecule has 11 heteroatoms. The molecule has 0 bridgehead atoms. The maximum atomic E-state index is 13.9. The first-order valence-corrected chi connectivity index (χ1v) is 12.8. The molecule has 4 rings (SSSR count). The molecule has 2 aliphatic heterocycles. The molecule has 3 aliphatic rings. The number of benzene rings is 1. The molecule has 3 atom stereocenters. The minimum atomic E-state index is -0.946. The highest BCUT2D eigenvalue weighted by Gasteiger charge is 2.45. The molecule has 2 fully saturated rings. The van der Waals surface area contributed by atoms with Gasteiger partial charge in [-0.05, 0) is 43.4 Å². The van der Waals surface area contributed by atoms with Gasteiger partial charge in [0.25, 0.3) is 0 Å². The van der Waals surface area contributed by atoms with Gasteiger partial charge in [-0.15, -0.1) is 0 Å². The van der Waals surface area contributed by atoms with E-state index in [0.717, 1.165) is 18.4 Å². The number of nitrogens with two attached hydrogens (primary N) is 2. The minimum Gasteiger partial charge on any atom is -0.487 e. The summed E-state index contributed by atoms with van der Waals surface area (Å²) in [5.41, 5.74) is 7.90. The first-order chi connectivity index (χ1) is 17.2. The number of carbonyl (C=O) groups is 3. The quantitative estimate of drug-likeness (QED) is 0.367. The summed E-state index contributed by atoms with van der Waals surface area (Å²) in [5.74, 6) is 3.54. The normalized spacial score (nSPS) is 24.5. The molecule has 1 aromatic carbocycles. The fourth-order valence-electron chi connectivity index (χ4n) is 5.67. The molecule has 2 amide bonds. The number of carboxylic acid groups (broad SMARTS) is 1. The third-order valence-corrected chi connectivity index (χ3v) is 7.62. The third kappa shape index (κ3) is 5.24. The maximum absolute atomic E-state index is 13.9. The van der Waals surface area contributed by atoms with Crippen LogP contribution in [0.5, 0.6) is 5.75 Å². The first-order valence-electron chi connectivity index (χ1n) is 12.4. The van der Waals surface area contributed by atoms with E-state index in [4.69, 9.17) is 27.9 Å². The van der Waals surface area contributed by atoms with Crippen molar-refractivity contribution in [3.8, 4) is 5.75 Å². The number of ether oxygens (including phenoxy) is 1. The lowest BCUT2D eigenvalue weighted by Gasteiger charge is -2.45. The molecular weight excluding hydrogens is 486 g/mol. The molecule has 36 heavy (non-hydrogen) atoms. The molecule has 196 valence electrons. The fraction of sp³-hybridized carbons (Fsp3) is 0.560. The van der Waals surface area contributed by atoms with Crippen LogP contribution in [0.4, 0.5) is 0 Å². The van der Waals surface area contributed by atoms with Gasteiger partial charge in [-0.3, -0.25) is 14.4 Å². The van der Waals surface area contributed by atoms with Crippen molar-refractivity contribution in [1.82, 2.24) is 14.8 Å². The van der Waals surface area contributed by atoms with Gasteiger partial charge in [0.1, 0.15) is 18.5 Å². The van der Waals surface area contributed by atoms with Gasteiger partial charge in [0.15, 0.2) is 0 Å². The van der Waals surface area contributed by atoms with Crippen molar-refractivity contribution in [3.05, 3.63) is 40.2 Å². The summed E-state index contributed by atoms with van der Waals surface area (Å²) in [4.78, 5) is 42.2.